The van der Waals surface area contributed by atoms with E-state index in [1.165, 1.54) is 11.1 Å². The molecule has 6 heteroatoms. The third-order valence-electron chi connectivity index (χ3n) is 4.17. The van der Waals surface area contributed by atoms with Crippen molar-refractivity contribution in [2.24, 2.45) is 4.99 Å². The molecule has 0 aromatic heterocycles. The second kappa shape index (κ2) is 10.6. The molecule has 0 radical (unpaired) electrons. The Bertz CT molecular complexity index is 600. The van der Waals surface area contributed by atoms with Gasteiger partial charge < -0.3 is 24.8 Å². The topological polar surface area (TPSA) is 64.1 Å². The zero-order valence-electron chi connectivity index (χ0n) is 15.4. The van der Waals surface area contributed by atoms with Crippen LogP contribution in [0.5, 0.6) is 11.5 Å². The number of rotatable bonds is 8. The third kappa shape index (κ3) is 6.31. The van der Waals surface area contributed by atoms with Crippen LogP contribution in [0.1, 0.15) is 18.4 Å². The lowest BCUT2D eigenvalue weighted by Crippen LogP contribution is -2.38. The molecule has 1 aromatic rings. The summed E-state index contributed by atoms with van der Waals surface area (Å²) in [4.78, 5) is 4.27. The van der Waals surface area contributed by atoms with Gasteiger partial charge in [-0.05, 0) is 37.0 Å². The summed E-state index contributed by atoms with van der Waals surface area (Å²) in [5.41, 5.74) is 2.65. The molecule has 0 saturated heterocycles. The SMILES string of the molecule is CN=C(NCCC1=CCOCC1)NCCc1ccc(OC)c(OC)c1. The van der Waals surface area contributed by atoms with Gasteiger partial charge in [-0.1, -0.05) is 17.7 Å². The maximum Gasteiger partial charge on any atom is 0.190 e. The van der Waals surface area contributed by atoms with Crippen LogP contribution in [0.25, 0.3) is 0 Å². The fraction of sp³-hybridized carbons (Fsp3) is 0.526. The predicted molar refractivity (Wildman–Crippen MR) is 101 cm³/mol. The Morgan fingerprint density at radius 1 is 1.12 bits per heavy atom. The minimum absolute atomic E-state index is 0.744. The summed E-state index contributed by atoms with van der Waals surface area (Å²) in [6.07, 6.45) is 5.12. The average molecular weight is 347 g/mol. The summed E-state index contributed by atoms with van der Waals surface area (Å²) in [5, 5.41) is 6.70. The highest BCUT2D eigenvalue weighted by Crippen LogP contribution is 2.27. The highest BCUT2D eigenvalue weighted by molar-refractivity contribution is 5.79. The van der Waals surface area contributed by atoms with Gasteiger partial charge >= 0.3 is 0 Å². The van der Waals surface area contributed by atoms with Crippen molar-refractivity contribution >= 4 is 5.96 Å². The number of benzene rings is 1. The molecule has 1 aliphatic rings. The number of hydrogen-bond donors (Lipinski definition) is 2. The van der Waals surface area contributed by atoms with Gasteiger partial charge in [0.25, 0.3) is 0 Å². The van der Waals surface area contributed by atoms with Crippen LogP contribution >= 0.6 is 0 Å². The van der Waals surface area contributed by atoms with Crippen LogP contribution in [0.3, 0.4) is 0 Å². The summed E-state index contributed by atoms with van der Waals surface area (Å²) >= 11 is 0. The Balaban J connectivity index is 1.72. The van der Waals surface area contributed by atoms with E-state index in [0.717, 1.165) is 63.0 Å². The monoisotopic (exact) mass is 347 g/mol. The molecule has 25 heavy (non-hydrogen) atoms. The van der Waals surface area contributed by atoms with Crippen LogP contribution in [0.15, 0.2) is 34.8 Å². The minimum Gasteiger partial charge on any atom is -0.493 e. The molecule has 0 aliphatic carbocycles. The first-order chi connectivity index (χ1) is 12.3. The van der Waals surface area contributed by atoms with E-state index in [4.69, 9.17) is 14.2 Å². The predicted octanol–water partition coefficient (Wildman–Crippen LogP) is 2.15. The van der Waals surface area contributed by atoms with Crippen molar-refractivity contribution in [1.82, 2.24) is 10.6 Å². The molecule has 1 aromatic carbocycles. The standard InChI is InChI=1S/C19H29N3O3/c1-20-19(21-10-6-15-8-12-25-13-9-15)22-11-7-16-4-5-17(23-2)18(14-16)24-3/h4-5,8,14H,6-7,9-13H2,1-3H3,(H2,20,21,22). The molecule has 2 rings (SSSR count). The molecule has 138 valence electrons. The van der Waals surface area contributed by atoms with Gasteiger partial charge in [0.1, 0.15) is 0 Å². The molecule has 0 spiro atoms. The van der Waals surface area contributed by atoms with Gasteiger partial charge in [0, 0.05) is 20.1 Å². The van der Waals surface area contributed by atoms with Gasteiger partial charge in [-0.15, -0.1) is 0 Å². The number of hydrogen-bond acceptors (Lipinski definition) is 4. The molecule has 0 atom stereocenters. The number of guanidine groups is 1. The van der Waals surface area contributed by atoms with Gasteiger partial charge in [0.15, 0.2) is 17.5 Å². The van der Waals surface area contributed by atoms with Gasteiger partial charge in [-0.25, -0.2) is 0 Å². The Morgan fingerprint density at radius 2 is 1.88 bits per heavy atom. The molecule has 1 heterocycles. The summed E-state index contributed by atoms with van der Waals surface area (Å²) in [6, 6.07) is 5.99. The van der Waals surface area contributed by atoms with Crippen molar-refractivity contribution in [2.45, 2.75) is 19.3 Å². The van der Waals surface area contributed by atoms with E-state index in [1.807, 2.05) is 12.1 Å². The fourth-order valence-corrected chi connectivity index (χ4v) is 2.72. The second-order valence-electron chi connectivity index (χ2n) is 5.80. The Kier molecular flexibility index (Phi) is 8.12. The van der Waals surface area contributed by atoms with Crippen LogP contribution in [-0.4, -0.2) is 53.5 Å². The third-order valence-corrected chi connectivity index (χ3v) is 4.17. The lowest BCUT2D eigenvalue weighted by molar-refractivity contribution is 0.153. The second-order valence-corrected chi connectivity index (χ2v) is 5.80. The van der Waals surface area contributed by atoms with Crippen molar-refractivity contribution in [3.63, 3.8) is 0 Å². The first kappa shape index (κ1) is 19.1. The van der Waals surface area contributed by atoms with Crippen molar-refractivity contribution in [3.8, 4) is 11.5 Å². The first-order valence-electron chi connectivity index (χ1n) is 8.68. The van der Waals surface area contributed by atoms with Gasteiger partial charge in [0.2, 0.25) is 0 Å². The van der Waals surface area contributed by atoms with Gasteiger partial charge in [0.05, 0.1) is 27.4 Å². The van der Waals surface area contributed by atoms with Crippen LogP contribution in [0.4, 0.5) is 0 Å². The normalized spacial score (nSPS) is 14.7. The molecule has 1 aliphatic heterocycles. The number of nitrogens with one attached hydrogen (secondary N) is 2. The summed E-state index contributed by atoms with van der Waals surface area (Å²) in [7, 11) is 5.09. The van der Waals surface area contributed by atoms with E-state index in [0.29, 0.717) is 0 Å². The Morgan fingerprint density at radius 3 is 2.52 bits per heavy atom. The molecular weight excluding hydrogens is 318 g/mol. The van der Waals surface area contributed by atoms with E-state index in [2.05, 4.69) is 27.8 Å². The van der Waals surface area contributed by atoms with Crippen LogP contribution in [0, 0.1) is 0 Å². The number of nitrogens with zero attached hydrogens (tertiary/aromatic N) is 1. The lowest BCUT2D eigenvalue weighted by atomic mass is 10.1. The molecule has 0 unspecified atom stereocenters. The lowest BCUT2D eigenvalue weighted by Gasteiger charge is -2.16. The maximum atomic E-state index is 5.34. The summed E-state index contributed by atoms with van der Waals surface area (Å²) < 4.78 is 15.9. The minimum atomic E-state index is 0.744. The van der Waals surface area contributed by atoms with Gasteiger partial charge in [-0.3, -0.25) is 4.99 Å². The molecule has 0 fully saturated rings. The largest absolute Gasteiger partial charge is 0.493 e. The van der Waals surface area contributed by atoms with E-state index in [9.17, 15) is 0 Å². The molecule has 6 nitrogen and oxygen atoms in total. The zero-order valence-corrected chi connectivity index (χ0v) is 15.4. The van der Waals surface area contributed by atoms with E-state index < -0.39 is 0 Å². The Labute approximate surface area is 150 Å². The van der Waals surface area contributed by atoms with Crippen molar-refractivity contribution in [2.75, 3.05) is 47.6 Å². The van der Waals surface area contributed by atoms with E-state index in [-0.39, 0.29) is 0 Å². The average Bonchev–Trinajstić information content (AvgIpc) is 2.67. The van der Waals surface area contributed by atoms with Crippen molar-refractivity contribution in [3.05, 3.63) is 35.4 Å². The van der Waals surface area contributed by atoms with Crippen LogP contribution < -0.4 is 20.1 Å². The smallest absolute Gasteiger partial charge is 0.190 e. The summed E-state index contributed by atoms with van der Waals surface area (Å²) in [5.74, 6) is 2.33. The quantitative estimate of drug-likeness (QED) is 0.429. The highest BCUT2D eigenvalue weighted by atomic mass is 16.5. The number of methoxy groups -OCH3 is 2. The Hall–Kier alpha value is -2.21. The molecule has 0 saturated carbocycles. The molecule has 0 bridgehead atoms. The van der Waals surface area contributed by atoms with Crippen LogP contribution in [0.2, 0.25) is 0 Å². The van der Waals surface area contributed by atoms with Crippen molar-refractivity contribution in [1.29, 1.82) is 0 Å². The van der Waals surface area contributed by atoms with E-state index in [1.54, 1.807) is 21.3 Å². The first-order valence-corrected chi connectivity index (χ1v) is 8.68. The number of ether oxygens (including phenoxy) is 3. The summed E-state index contributed by atoms with van der Waals surface area (Å²) in [6.45, 7) is 3.26. The molecular formula is C19H29N3O3. The molecule has 0 amide bonds. The highest BCUT2D eigenvalue weighted by Gasteiger charge is 2.06. The fourth-order valence-electron chi connectivity index (χ4n) is 2.72. The van der Waals surface area contributed by atoms with Gasteiger partial charge in [-0.2, -0.15) is 0 Å². The van der Waals surface area contributed by atoms with Crippen LogP contribution in [-0.2, 0) is 11.2 Å². The zero-order chi connectivity index (χ0) is 17.9. The van der Waals surface area contributed by atoms with Crippen molar-refractivity contribution < 1.29 is 14.2 Å². The van der Waals surface area contributed by atoms with E-state index >= 15 is 0 Å². The maximum absolute atomic E-state index is 5.34. The molecule has 2 N–H and O–H groups in total. The number of aliphatic imine (C=N–C) groups is 1.